The Balaban J connectivity index is 2.26. The van der Waals surface area contributed by atoms with Crippen LogP contribution < -0.4 is 0 Å². The monoisotopic (exact) mass is 260 g/mol. The second kappa shape index (κ2) is 4.10. The summed E-state index contributed by atoms with van der Waals surface area (Å²) in [5, 5.41) is 0.636. The third kappa shape index (κ3) is 1.77. The fraction of sp³-hybridized carbons (Fsp3) is 0.0714. The Hall–Kier alpha value is -1.87. The van der Waals surface area contributed by atoms with Gasteiger partial charge in [0.05, 0.1) is 5.52 Å². The third-order valence-corrected chi connectivity index (χ3v) is 3.15. The summed E-state index contributed by atoms with van der Waals surface area (Å²) in [5.41, 5.74) is 2.97. The summed E-state index contributed by atoms with van der Waals surface area (Å²) in [6, 6.07) is 10.4. The number of nitrogens with one attached hydrogen (secondary N) is 1. The first-order valence-corrected chi connectivity index (χ1v) is 5.94. The van der Waals surface area contributed by atoms with Gasteiger partial charge in [-0.1, -0.05) is 23.7 Å². The van der Waals surface area contributed by atoms with Gasteiger partial charge in [-0.3, -0.25) is 0 Å². The predicted molar refractivity (Wildman–Crippen MR) is 71.2 cm³/mol. The van der Waals surface area contributed by atoms with Crippen molar-refractivity contribution in [1.29, 1.82) is 0 Å². The van der Waals surface area contributed by atoms with Gasteiger partial charge in [0.25, 0.3) is 0 Å². The van der Waals surface area contributed by atoms with Crippen LogP contribution in [-0.2, 0) is 0 Å². The Morgan fingerprint density at radius 1 is 1.22 bits per heavy atom. The molecule has 0 aliphatic carbocycles. The second-order valence-corrected chi connectivity index (χ2v) is 4.62. The van der Waals surface area contributed by atoms with E-state index in [1.54, 1.807) is 12.1 Å². The number of hydrogen-bond acceptors (Lipinski definition) is 1. The predicted octanol–water partition coefficient (Wildman–Crippen LogP) is 4.33. The van der Waals surface area contributed by atoms with E-state index in [2.05, 4.69) is 9.97 Å². The summed E-state index contributed by atoms with van der Waals surface area (Å²) in [5.74, 6) is 0.310. The first-order chi connectivity index (χ1) is 8.65. The molecule has 0 saturated carbocycles. The van der Waals surface area contributed by atoms with Gasteiger partial charge in [-0.2, -0.15) is 0 Å². The lowest BCUT2D eigenvalue weighted by atomic mass is 10.1. The highest BCUT2D eigenvalue weighted by Gasteiger charge is 2.10. The number of aromatic nitrogens is 2. The fourth-order valence-corrected chi connectivity index (χ4v) is 2.15. The van der Waals surface area contributed by atoms with Crippen molar-refractivity contribution in [2.24, 2.45) is 0 Å². The van der Waals surface area contributed by atoms with Crippen molar-refractivity contribution in [3.63, 3.8) is 0 Å². The molecule has 0 aliphatic rings. The van der Waals surface area contributed by atoms with Crippen LogP contribution in [-0.4, -0.2) is 9.97 Å². The largest absolute Gasteiger partial charge is 0.338 e. The van der Waals surface area contributed by atoms with Crippen LogP contribution in [0.25, 0.3) is 22.4 Å². The molecule has 0 saturated heterocycles. The summed E-state index contributed by atoms with van der Waals surface area (Å²) in [4.78, 5) is 7.41. The average Bonchev–Trinajstić information content (AvgIpc) is 2.77. The molecular formula is C14H10ClFN2. The molecule has 0 fully saturated rings. The van der Waals surface area contributed by atoms with Crippen LogP contribution in [0, 0.1) is 12.7 Å². The first-order valence-electron chi connectivity index (χ1n) is 5.56. The van der Waals surface area contributed by atoms with Gasteiger partial charge in [-0.15, -0.1) is 0 Å². The van der Waals surface area contributed by atoms with Gasteiger partial charge in [0.2, 0.25) is 0 Å². The molecule has 2 aromatic carbocycles. The van der Waals surface area contributed by atoms with E-state index in [0.29, 0.717) is 21.9 Å². The highest BCUT2D eigenvalue weighted by molar-refractivity contribution is 6.30. The van der Waals surface area contributed by atoms with Crippen molar-refractivity contribution in [3.05, 3.63) is 52.8 Å². The molecule has 1 heterocycles. The third-order valence-electron chi connectivity index (χ3n) is 2.92. The van der Waals surface area contributed by atoms with Gasteiger partial charge < -0.3 is 4.98 Å². The number of hydrogen-bond donors (Lipinski definition) is 1. The normalized spacial score (nSPS) is 11.1. The maximum absolute atomic E-state index is 13.6. The topological polar surface area (TPSA) is 28.7 Å². The minimum Gasteiger partial charge on any atom is -0.338 e. The maximum atomic E-state index is 13.6. The fourth-order valence-electron chi connectivity index (χ4n) is 1.97. The average molecular weight is 261 g/mol. The quantitative estimate of drug-likeness (QED) is 0.693. The van der Waals surface area contributed by atoms with E-state index in [-0.39, 0.29) is 5.82 Å². The van der Waals surface area contributed by atoms with Crippen LogP contribution in [0.5, 0.6) is 0 Å². The van der Waals surface area contributed by atoms with Crippen molar-refractivity contribution in [3.8, 4) is 11.4 Å². The van der Waals surface area contributed by atoms with E-state index < -0.39 is 0 Å². The summed E-state index contributed by atoms with van der Waals surface area (Å²) < 4.78 is 13.6. The molecule has 0 spiro atoms. The summed E-state index contributed by atoms with van der Waals surface area (Å²) in [7, 11) is 0. The van der Waals surface area contributed by atoms with Crippen molar-refractivity contribution < 1.29 is 4.39 Å². The Morgan fingerprint density at radius 2 is 2.06 bits per heavy atom. The number of imidazole rings is 1. The number of rotatable bonds is 1. The zero-order chi connectivity index (χ0) is 12.7. The molecule has 0 bridgehead atoms. The van der Waals surface area contributed by atoms with Gasteiger partial charge in [0, 0.05) is 10.6 Å². The lowest BCUT2D eigenvalue weighted by Crippen LogP contribution is -1.85. The molecule has 18 heavy (non-hydrogen) atoms. The molecule has 4 heteroatoms. The van der Waals surface area contributed by atoms with E-state index in [1.165, 1.54) is 6.07 Å². The molecule has 1 N–H and O–H groups in total. The molecule has 2 nitrogen and oxygen atoms in total. The minimum atomic E-state index is -0.324. The number of fused-ring (bicyclic) bond motifs is 1. The van der Waals surface area contributed by atoms with Crippen LogP contribution in [0.15, 0.2) is 36.4 Å². The van der Waals surface area contributed by atoms with E-state index in [4.69, 9.17) is 11.6 Å². The van der Waals surface area contributed by atoms with E-state index >= 15 is 0 Å². The van der Waals surface area contributed by atoms with Crippen LogP contribution in [0.2, 0.25) is 5.02 Å². The highest BCUT2D eigenvalue weighted by atomic mass is 35.5. The molecule has 0 amide bonds. The molecule has 3 aromatic rings. The van der Waals surface area contributed by atoms with Crippen LogP contribution in [0.1, 0.15) is 5.56 Å². The zero-order valence-corrected chi connectivity index (χ0v) is 10.4. The molecule has 90 valence electrons. The van der Waals surface area contributed by atoms with Crippen molar-refractivity contribution in [1.82, 2.24) is 9.97 Å². The highest BCUT2D eigenvalue weighted by Crippen LogP contribution is 2.27. The molecule has 0 radical (unpaired) electrons. The van der Waals surface area contributed by atoms with Crippen LogP contribution >= 0.6 is 11.6 Å². The standard InChI is InChI=1S/C14H10ClFN2/c1-8-5-6-9(15)7-10(8)14-17-12-4-2-3-11(16)13(12)18-14/h2-7H,1H3,(H,17,18). The molecule has 1 aromatic heterocycles. The smallest absolute Gasteiger partial charge is 0.151 e. The summed E-state index contributed by atoms with van der Waals surface area (Å²) in [6.45, 7) is 1.97. The van der Waals surface area contributed by atoms with Crippen molar-refractivity contribution in [2.45, 2.75) is 6.92 Å². The number of halogens is 2. The van der Waals surface area contributed by atoms with Gasteiger partial charge in [-0.05, 0) is 36.8 Å². The Morgan fingerprint density at radius 3 is 2.83 bits per heavy atom. The second-order valence-electron chi connectivity index (χ2n) is 4.18. The number of aryl methyl sites for hydroxylation is 1. The summed E-state index contributed by atoms with van der Waals surface area (Å²) in [6.07, 6.45) is 0. The van der Waals surface area contributed by atoms with E-state index in [0.717, 1.165) is 11.1 Å². The zero-order valence-electron chi connectivity index (χ0n) is 9.67. The lowest BCUT2D eigenvalue weighted by molar-refractivity contribution is 0.637. The molecule has 3 rings (SSSR count). The Kier molecular flexibility index (Phi) is 2.56. The molecular weight excluding hydrogens is 251 g/mol. The number of aromatic amines is 1. The maximum Gasteiger partial charge on any atom is 0.151 e. The van der Waals surface area contributed by atoms with Crippen LogP contribution in [0.3, 0.4) is 0 Å². The van der Waals surface area contributed by atoms with Crippen LogP contribution in [0.4, 0.5) is 4.39 Å². The van der Waals surface area contributed by atoms with Crippen molar-refractivity contribution in [2.75, 3.05) is 0 Å². The van der Waals surface area contributed by atoms with Crippen molar-refractivity contribution >= 4 is 22.6 Å². The number of benzene rings is 2. The lowest BCUT2D eigenvalue weighted by Gasteiger charge is -2.02. The number of para-hydroxylation sites is 1. The molecule has 0 atom stereocenters. The summed E-state index contributed by atoms with van der Waals surface area (Å²) >= 11 is 5.98. The number of nitrogens with zero attached hydrogens (tertiary/aromatic N) is 1. The first kappa shape index (κ1) is 11.2. The van der Waals surface area contributed by atoms with E-state index in [1.807, 2.05) is 25.1 Å². The molecule has 0 unspecified atom stereocenters. The SMILES string of the molecule is Cc1ccc(Cl)cc1-c1nc2c(F)cccc2[nH]1. The van der Waals surface area contributed by atoms with Gasteiger partial charge >= 0.3 is 0 Å². The Labute approximate surface area is 108 Å². The van der Waals surface area contributed by atoms with E-state index in [9.17, 15) is 4.39 Å². The van der Waals surface area contributed by atoms with Gasteiger partial charge in [0.1, 0.15) is 11.3 Å². The Bertz CT molecular complexity index is 734. The minimum absolute atomic E-state index is 0.324. The number of H-pyrrole nitrogens is 1. The van der Waals surface area contributed by atoms with Gasteiger partial charge in [0.15, 0.2) is 5.82 Å². The van der Waals surface area contributed by atoms with Gasteiger partial charge in [-0.25, -0.2) is 9.37 Å². The molecule has 0 aliphatic heterocycles.